The van der Waals surface area contributed by atoms with E-state index in [1.807, 2.05) is 37.3 Å². The first-order valence-corrected chi connectivity index (χ1v) is 24.2. The second kappa shape index (κ2) is 21.4. The molecular weight excluding hydrogens is 801 g/mol. The zero-order valence-corrected chi connectivity index (χ0v) is 40.5. The summed E-state index contributed by atoms with van der Waals surface area (Å²) < 4.78 is 11.0. The first-order chi connectivity index (χ1) is 30.5. The summed E-state index contributed by atoms with van der Waals surface area (Å²) in [5, 5.41) is 0. The van der Waals surface area contributed by atoms with E-state index in [4.69, 9.17) is 19.4 Å². The van der Waals surface area contributed by atoms with E-state index in [1.54, 1.807) is 6.92 Å². The third-order valence-corrected chi connectivity index (χ3v) is 14.5. The van der Waals surface area contributed by atoms with Gasteiger partial charge >= 0.3 is 11.9 Å². The van der Waals surface area contributed by atoms with Crippen LogP contribution in [0.25, 0.3) is 22.1 Å². The van der Waals surface area contributed by atoms with Gasteiger partial charge < -0.3 is 19.4 Å². The second-order valence-electron chi connectivity index (χ2n) is 19.9. The molecule has 3 aromatic rings. The minimum Gasteiger partial charge on any atom is -0.468 e. The number of H-pyrrole nitrogens is 2. The Morgan fingerprint density at radius 2 is 1.44 bits per heavy atom. The summed E-state index contributed by atoms with van der Waals surface area (Å²) in [6.45, 7) is 21.5. The van der Waals surface area contributed by atoms with Crippen molar-refractivity contribution in [1.82, 2.24) is 19.9 Å². The van der Waals surface area contributed by atoms with Crippen molar-refractivity contribution >= 4 is 45.6 Å². The second-order valence-corrected chi connectivity index (χ2v) is 19.9. The molecule has 8 bridgehead atoms. The molecule has 0 saturated carbocycles. The maximum Gasteiger partial charge on any atom is 0.321 e. The molecule has 0 saturated heterocycles. The van der Waals surface area contributed by atoms with Crippen molar-refractivity contribution < 1.29 is 28.7 Å². The molecule has 3 aromatic heterocycles. The van der Waals surface area contributed by atoms with E-state index in [2.05, 4.69) is 65.4 Å². The van der Waals surface area contributed by atoms with Crippen LogP contribution in [-0.4, -0.2) is 57.2 Å². The van der Waals surface area contributed by atoms with Crippen LogP contribution in [0.4, 0.5) is 0 Å². The van der Waals surface area contributed by atoms with Crippen LogP contribution in [0.3, 0.4) is 0 Å². The fourth-order valence-electron chi connectivity index (χ4n) is 10.4. The maximum absolute atomic E-state index is 14.4. The lowest BCUT2D eigenvalue weighted by Gasteiger charge is -2.18. The van der Waals surface area contributed by atoms with Crippen molar-refractivity contribution in [3.63, 3.8) is 0 Å². The van der Waals surface area contributed by atoms with Crippen LogP contribution >= 0.6 is 0 Å². The molecule has 10 nitrogen and oxygen atoms in total. The lowest BCUT2D eigenvalue weighted by molar-refractivity contribution is -0.143. The van der Waals surface area contributed by atoms with Crippen molar-refractivity contribution in [1.29, 1.82) is 0 Å². The molecule has 0 aromatic carbocycles. The molecule has 0 spiro atoms. The van der Waals surface area contributed by atoms with Gasteiger partial charge in [-0.3, -0.25) is 29.1 Å². The van der Waals surface area contributed by atoms with Crippen LogP contribution in [0.2, 0.25) is 0 Å². The summed E-state index contributed by atoms with van der Waals surface area (Å²) in [4.78, 5) is 71.6. The number of nitrogens with one attached hydrogen (secondary N) is 2. The van der Waals surface area contributed by atoms with E-state index in [1.165, 1.54) is 57.6 Å². The Morgan fingerprint density at radius 3 is 2.09 bits per heavy atom. The molecule has 5 heterocycles. The number of esters is 2. The van der Waals surface area contributed by atoms with Crippen molar-refractivity contribution in [3.05, 3.63) is 80.9 Å². The standard InChI is InChI=1S/C54H74N4O6/c1-12-39-34(7)43-28-46-41(37(10)59)26-38(55-46)27-42-35(8)40(51(57-42)49-50(54(62)63-11)53(61)48-36(9)44(58-52(48)49)29-45(39)56-43)22-23-47(60)64-25-24-33(6)21-15-20-32(5)19-14-18-31(4)17-13-16-30(2)3/h24,26-32,34-35,39-40,50,55,58H,12-23,25H2,1-11H3/b33-24+,38-27?,42-27?,43-28?,44-29?,45-29?,46-28?,51-49?/t31?,32?,34?,35-,39?,40-,50?/m0/s1. The van der Waals surface area contributed by atoms with Gasteiger partial charge in [-0.05, 0) is 100 Å². The number of nitrogens with zero attached hydrogens (tertiary/aromatic N) is 2. The Morgan fingerprint density at radius 1 is 0.797 bits per heavy atom. The number of aromatic nitrogens is 4. The average Bonchev–Trinajstić information content (AvgIpc) is 4.02. The van der Waals surface area contributed by atoms with Crippen LogP contribution < -0.4 is 0 Å². The monoisotopic (exact) mass is 875 g/mol. The first-order valence-electron chi connectivity index (χ1n) is 24.2. The number of methoxy groups -OCH3 is 1. The van der Waals surface area contributed by atoms with Gasteiger partial charge in [0.2, 0.25) is 0 Å². The van der Waals surface area contributed by atoms with Gasteiger partial charge in [0, 0.05) is 74.9 Å². The fraction of sp³-hybridized carbons (Fsp3) is 0.593. The molecule has 0 fully saturated rings. The van der Waals surface area contributed by atoms with Gasteiger partial charge in [-0.15, -0.1) is 0 Å². The highest BCUT2D eigenvalue weighted by atomic mass is 16.5. The lowest BCUT2D eigenvalue weighted by atomic mass is 9.84. The van der Waals surface area contributed by atoms with E-state index < -0.39 is 11.9 Å². The molecule has 2 aliphatic heterocycles. The molecule has 0 amide bonds. The van der Waals surface area contributed by atoms with E-state index in [-0.39, 0.29) is 54.2 Å². The highest BCUT2D eigenvalue weighted by Crippen LogP contribution is 2.48. The van der Waals surface area contributed by atoms with E-state index in [0.29, 0.717) is 57.0 Å². The minimum atomic E-state index is -1.20. The number of Topliss-reactive ketones (excluding diaryl/α,β-unsaturated/α-hetero) is 2. The van der Waals surface area contributed by atoms with Gasteiger partial charge in [0.1, 0.15) is 12.5 Å². The fourth-order valence-corrected chi connectivity index (χ4v) is 10.4. The quantitative estimate of drug-likeness (QED) is 0.0494. The summed E-state index contributed by atoms with van der Waals surface area (Å²) in [6, 6.07) is 7.77. The molecule has 5 unspecified atom stereocenters. The summed E-state index contributed by atoms with van der Waals surface area (Å²) in [5.74, 6) is -0.569. The number of ketones is 2. The van der Waals surface area contributed by atoms with Crippen LogP contribution in [0.1, 0.15) is 224 Å². The minimum absolute atomic E-state index is 0.0694. The van der Waals surface area contributed by atoms with E-state index in [0.717, 1.165) is 53.6 Å². The van der Waals surface area contributed by atoms with Crippen LogP contribution in [0.15, 0.2) is 35.9 Å². The Kier molecular flexibility index (Phi) is 16.3. The van der Waals surface area contributed by atoms with Gasteiger partial charge in [0.05, 0.1) is 23.8 Å². The highest BCUT2D eigenvalue weighted by Gasteiger charge is 2.45. The Labute approximate surface area is 381 Å². The average molecular weight is 875 g/mol. The highest BCUT2D eigenvalue weighted by molar-refractivity contribution is 6.23. The summed E-state index contributed by atoms with van der Waals surface area (Å²) >= 11 is 0. The Hall–Kier alpha value is -4.86. The molecule has 3 aliphatic rings. The number of aryl methyl sites for hydroxylation is 1. The van der Waals surface area contributed by atoms with Crippen LogP contribution in [0.5, 0.6) is 0 Å². The summed E-state index contributed by atoms with van der Waals surface area (Å²) in [5.41, 5.74) is 9.20. The van der Waals surface area contributed by atoms with E-state index >= 15 is 0 Å². The van der Waals surface area contributed by atoms with Gasteiger partial charge in [0.15, 0.2) is 11.6 Å². The van der Waals surface area contributed by atoms with E-state index in [9.17, 15) is 19.2 Å². The molecule has 0 radical (unpaired) electrons. The Bertz CT molecular complexity index is 2400. The molecule has 1 aliphatic carbocycles. The summed E-state index contributed by atoms with van der Waals surface area (Å²) in [6.07, 6.45) is 14.6. The predicted octanol–water partition coefficient (Wildman–Crippen LogP) is 13.2. The third-order valence-electron chi connectivity index (χ3n) is 14.5. The number of carbonyl (C=O) groups is 4. The van der Waals surface area contributed by atoms with Crippen molar-refractivity contribution in [2.45, 2.75) is 176 Å². The SMILES string of the molecule is CCC1c2cc3[nH]c4c(c3C)C(=O)C(C(=O)OC)c4c3nc(cc4cc(C(C)=O)c(cc(n2)C1C)[nH]4)[C@@H](C)[C@@H]3CCC(=O)OC/C=C(\C)CCCC(C)CCCC(C)CCCC(C)C. The normalized spacial score (nSPS) is 20.5. The number of rotatable bonds is 20. The number of allylic oxidation sites excluding steroid dienone is 1. The number of fused-ring (bicyclic) bond motifs is 8. The zero-order valence-electron chi connectivity index (χ0n) is 40.5. The largest absolute Gasteiger partial charge is 0.468 e. The van der Waals surface area contributed by atoms with Gasteiger partial charge in [-0.1, -0.05) is 99.0 Å². The maximum atomic E-state index is 14.4. The topological polar surface area (TPSA) is 144 Å². The van der Waals surface area contributed by atoms with Gasteiger partial charge in [-0.2, -0.15) is 0 Å². The molecule has 7 atom stereocenters. The van der Waals surface area contributed by atoms with Crippen molar-refractivity contribution in [3.8, 4) is 0 Å². The summed E-state index contributed by atoms with van der Waals surface area (Å²) in [7, 11) is 1.29. The van der Waals surface area contributed by atoms with Crippen molar-refractivity contribution in [2.75, 3.05) is 13.7 Å². The first kappa shape index (κ1) is 48.6. The number of aromatic amines is 2. The smallest absolute Gasteiger partial charge is 0.321 e. The molecule has 10 heteroatoms. The van der Waals surface area contributed by atoms with Crippen LogP contribution in [0, 0.1) is 24.7 Å². The third kappa shape index (κ3) is 11.0. The molecule has 2 N–H and O–H groups in total. The van der Waals surface area contributed by atoms with Crippen molar-refractivity contribution in [2.24, 2.45) is 17.8 Å². The van der Waals surface area contributed by atoms with Crippen LogP contribution in [-0.2, 0) is 19.1 Å². The van der Waals surface area contributed by atoms with Gasteiger partial charge in [-0.25, -0.2) is 0 Å². The number of hydrogen-bond acceptors (Lipinski definition) is 8. The number of hydrogen-bond donors (Lipinski definition) is 2. The number of carbonyl (C=O) groups excluding carboxylic acids is 4. The molecule has 64 heavy (non-hydrogen) atoms. The molecule has 346 valence electrons. The predicted molar refractivity (Wildman–Crippen MR) is 256 cm³/mol. The Balaban J connectivity index is 1.23. The molecule has 6 rings (SSSR count). The number of ether oxygens (including phenoxy) is 2. The lowest BCUT2D eigenvalue weighted by Crippen LogP contribution is -2.21. The molecular formula is C54H74N4O6. The zero-order chi connectivity index (χ0) is 46.4. The van der Waals surface area contributed by atoms with Gasteiger partial charge in [0.25, 0.3) is 0 Å².